The first-order valence-corrected chi connectivity index (χ1v) is 7.68. The summed E-state index contributed by atoms with van der Waals surface area (Å²) in [4.78, 5) is 49.4. The van der Waals surface area contributed by atoms with Gasteiger partial charge in [0.05, 0.1) is 13.2 Å². The SMILES string of the molecule is CC(CO)(CO)CC(=O)COC(=O)c1ccccc1OC(=O)CO[N+](=O)[O-]. The molecule has 1 aromatic rings. The summed E-state index contributed by atoms with van der Waals surface area (Å²) in [5.74, 6) is -2.81. The molecule has 1 rings (SSSR count). The lowest BCUT2D eigenvalue weighted by molar-refractivity contribution is -0.754. The average Bonchev–Trinajstić information content (AvgIpc) is 2.64. The number of hydrogen-bond donors (Lipinski definition) is 2. The second kappa shape index (κ2) is 10.2. The van der Waals surface area contributed by atoms with Gasteiger partial charge in [-0.15, -0.1) is 10.1 Å². The Balaban J connectivity index is 2.69. The molecule has 0 amide bonds. The van der Waals surface area contributed by atoms with Crippen molar-refractivity contribution in [3.63, 3.8) is 0 Å². The molecule has 148 valence electrons. The van der Waals surface area contributed by atoms with Gasteiger partial charge in [-0.3, -0.25) is 4.79 Å². The number of rotatable bonds is 11. The third kappa shape index (κ3) is 7.38. The van der Waals surface area contributed by atoms with Crippen molar-refractivity contribution < 1.29 is 44.0 Å². The predicted molar refractivity (Wildman–Crippen MR) is 87.2 cm³/mol. The van der Waals surface area contributed by atoms with Crippen molar-refractivity contribution in [2.45, 2.75) is 13.3 Å². The van der Waals surface area contributed by atoms with Crippen molar-refractivity contribution in [2.24, 2.45) is 5.41 Å². The highest BCUT2D eigenvalue weighted by Crippen LogP contribution is 2.21. The highest BCUT2D eigenvalue weighted by atomic mass is 17.0. The van der Waals surface area contributed by atoms with E-state index in [9.17, 15) is 24.5 Å². The summed E-state index contributed by atoms with van der Waals surface area (Å²) in [6, 6.07) is 5.44. The Morgan fingerprint density at radius 3 is 2.37 bits per heavy atom. The van der Waals surface area contributed by atoms with Crippen molar-refractivity contribution in [1.29, 1.82) is 0 Å². The maximum atomic E-state index is 12.1. The lowest BCUT2D eigenvalue weighted by Crippen LogP contribution is -2.31. The van der Waals surface area contributed by atoms with Gasteiger partial charge in [-0.1, -0.05) is 19.1 Å². The Morgan fingerprint density at radius 1 is 1.15 bits per heavy atom. The Hall–Kier alpha value is -3.05. The molecule has 0 saturated carbocycles. The van der Waals surface area contributed by atoms with E-state index in [0.29, 0.717) is 0 Å². The normalized spacial score (nSPS) is 10.8. The molecule has 0 heterocycles. The van der Waals surface area contributed by atoms with E-state index in [1.165, 1.54) is 31.2 Å². The van der Waals surface area contributed by atoms with Crippen LogP contribution in [0.5, 0.6) is 5.75 Å². The molecule has 0 fully saturated rings. The lowest BCUT2D eigenvalue weighted by Gasteiger charge is -2.23. The molecule has 27 heavy (non-hydrogen) atoms. The molecular formula is C16H19NO10. The minimum absolute atomic E-state index is 0.174. The Labute approximate surface area is 153 Å². The molecular weight excluding hydrogens is 366 g/mol. The zero-order chi connectivity index (χ0) is 20.4. The topological polar surface area (TPSA) is 163 Å². The van der Waals surface area contributed by atoms with Gasteiger partial charge in [-0.2, -0.15) is 0 Å². The van der Waals surface area contributed by atoms with Crippen molar-refractivity contribution in [3.05, 3.63) is 39.9 Å². The third-order valence-electron chi connectivity index (χ3n) is 3.37. The number of nitrogens with zero attached hydrogens (tertiary/aromatic N) is 1. The van der Waals surface area contributed by atoms with Crippen LogP contribution in [0.4, 0.5) is 0 Å². The molecule has 0 unspecified atom stereocenters. The first-order chi connectivity index (χ1) is 12.7. The molecule has 0 spiro atoms. The van der Waals surface area contributed by atoms with E-state index >= 15 is 0 Å². The number of ether oxygens (including phenoxy) is 2. The highest BCUT2D eigenvalue weighted by molar-refractivity contribution is 5.95. The van der Waals surface area contributed by atoms with E-state index in [1.807, 2.05) is 0 Å². The minimum Gasteiger partial charge on any atom is -0.454 e. The van der Waals surface area contributed by atoms with Gasteiger partial charge in [0.1, 0.15) is 17.9 Å². The number of aliphatic hydroxyl groups is 2. The van der Waals surface area contributed by atoms with Crippen LogP contribution in [-0.2, 0) is 19.2 Å². The zero-order valence-electron chi connectivity index (χ0n) is 14.5. The van der Waals surface area contributed by atoms with Crippen molar-refractivity contribution >= 4 is 17.7 Å². The molecule has 0 radical (unpaired) electrons. The summed E-state index contributed by atoms with van der Waals surface area (Å²) in [6.07, 6.45) is -0.206. The first-order valence-electron chi connectivity index (χ1n) is 7.68. The number of ketones is 1. The molecule has 0 bridgehead atoms. The predicted octanol–water partition coefficient (Wildman–Crippen LogP) is -0.0928. The van der Waals surface area contributed by atoms with Gasteiger partial charge in [0.2, 0.25) is 0 Å². The van der Waals surface area contributed by atoms with E-state index in [1.54, 1.807) is 0 Å². The van der Waals surface area contributed by atoms with Crippen molar-refractivity contribution in [2.75, 3.05) is 26.4 Å². The van der Waals surface area contributed by atoms with Crippen molar-refractivity contribution in [3.8, 4) is 5.75 Å². The van der Waals surface area contributed by atoms with Gasteiger partial charge in [0.15, 0.2) is 12.4 Å². The largest absolute Gasteiger partial charge is 0.454 e. The number of hydrogen-bond acceptors (Lipinski definition) is 10. The van der Waals surface area contributed by atoms with E-state index in [2.05, 4.69) is 4.84 Å². The number of para-hydroxylation sites is 1. The molecule has 0 atom stereocenters. The number of carbonyl (C=O) groups excluding carboxylic acids is 3. The molecule has 1 aromatic carbocycles. The second-order valence-corrected chi connectivity index (χ2v) is 5.89. The highest BCUT2D eigenvalue weighted by Gasteiger charge is 2.27. The van der Waals surface area contributed by atoms with Crippen LogP contribution in [0.2, 0.25) is 0 Å². The monoisotopic (exact) mass is 385 g/mol. The van der Waals surface area contributed by atoms with Crippen LogP contribution >= 0.6 is 0 Å². The quantitative estimate of drug-likeness (QED) is 0.228. The second-order valence-electron chi connectivity index (χ2n) is 5.89. The summed E-state index contributed by atoms with van der Waals surface area (Å²) in [5.41, 5.74) is -1.21. The van der Waals surface area contributed by atoms with Crippen LogP contribution in [0.3, 0.4) is 0 Å². The Morgan fingerprint density at radius 2 is 1.78 bits per heavy atom. The van der Waals surface area contributed by atoms with Crippen LogP contribution in [0.15, 0.2) is 24.3 Å². The van der Waals surface area contributed by atoms with Gasteiger partial charge < -0.3 is 24.5 Å². The summed E-state index contributed by atoms with van der Waals surface area (Å²) >= 11 is 0. The first kappa shape index (κ1) is 22.0. The van der Waals surface area contributed by atoms with Gasteiger partial charge in [-0.05, 0) is 12.1 Å². The molecule has 0 aromatic heterocycles. The summed E-state index contributed by atoms with van der Waals surface area (Å²) in [6.45, 7) is -0.923. The maximum Gasteiger partial charge on any atom is 0.342 e. The number of benzene rings is 1. The number of carbonyl (C=O) groups is 3. The van der Waals surface area contributed by atoms with Crippen LogP contribution in [0, 0.1) is 15.5 Å². The fraction of sp³-hybridized carbons (Fsp3) is 0.438. The van der Waals surface area contributed by atoms with Gasteiger partial charge in [0.25, 0.3) is 5.09 Å². The molecule has 0 aliphatic heterocycles. The van der Waals surface area contributed by atoms with Crippen LogP contribution < -0.4 is 4.74 Å². The van der Waals surface area contributed by atoms with Gasteiger partial charge in [-0.25, -0.2) is 9.59 Å². The molecule has 0 aliphatic carbocycles. The Bertz CT molecular complexity index is 698. The smallest absolute Gasteiger partial charge is 0.342 e. The number of Topliss-reactive ketones (excluding diaryl/α,β-unsaturated/α-hetero) is 1. The van der Waals surface area contributed by atoms with Crippen molar-refractivity contribution in [1.82, 2.24) is 0 Å². The lowest BCUT2D eigenvalue weighted by atomic mass is 9.87. The van der Waals surface area contributed by atoms with Gasteiger partial charge >= 0.3 is 11.9 Å². The fourth-order valence-corrected chi connectivity index (χ4v) is 1.89. The summed E-state index contributed by atoms with van der Waals surface area (Å²) < 4.78 is 9.68. The minimum atomic E-state index is -1.17. The van der Waals surface area contributed by atoms with Crippen LogP contribution in [0.1, 0.15) is 23.7 Å². The molecule has 11 nitrogen and oxygen atoms in total. The van der Waals surface area contributed by atoms with E-state index < -0.39 is 54.7 Å². The standard InChI is InChI=1S/C16H19NO10/c1-16(9-18,10-19)6-11(20)7-25-15(22)12-4-2-3-5-13(12)27-14(21)8-26-17(23)24/h2-5,18-19H,6-10H2,1H3. The fourth-order valence-electron chi connectivity index (χ4n) is 1.89. The van der Waals surface area contributed by atoms with Gasteiger partial charge in [0, 0.05) is 11.8 Å². The molecule has 2 N–H and O–H groups in total. The molecule has 0 saturated heterocycles. The number of aliphatic hydroxyl groups excluding tert-OH is 2. The van der Waals surface area contributed by atoms with E-state index in [-0.39, 0.29) is 17.7 Å². The Kier molecular flexibility index (Phi) is 8.30. The molecule has 11 heteroatoms. The van der Waals surface area contributed by atoms with E-state index in [4.69, 9.17) is 19.7 Å². The van der Waals surface area contributed by atoms with Crippen LogP contribution in [0.25, 0.3) is 0 Å². The molecule has 0 aliphatic rings. The van der Waals surface area contributed by atoms with Crippen LogP contribution in [-0.4, -0.2) is 59.4 Å². The third-order valence-corrected chi connectivity index (χ3v) is 3.37. The summed E-state index contributed by atoms with van der Waals surface area (Å²) in [7, 11) is 0. The average molecular weight is 385 g/mol. The summed E-state index contributed by atoms with van der Waals surface area (Å²) in [5, 5.41) is 27.2. The maximum absolute atomic E-state index is 12.1. The zero-order valence-corrected chi connectivity index (χ0v) is 14.5. The number of esters is 2. The van der Waals surface area contributed by atoms with E-state index in [0.717, 1.165) is 0 Å².